The van der Waals surface area contributed by atoms with Gasteiger partial charge in [0.15, 0.2) is 0 Å². The Morgan fingerprint density at radius 2 is 2.35 bits per heavy atom. The van der Waals surface area contributed by atoms with Crippen LogP contribution in [0.3, 0.4) is 0 Å². The van der Waals surface area contributed by atoms with E-state index in [2.05, 4.69) is 42.0 Å². The first-order valence-corrected chi connectivity index (χ1v) is 6.62. The van der Waals surface area contributed by atoms with Crippen molar-refractivity contribution in [2.45, 2.75) is 52.2 Å². The normalized spacial score (nSPS) is 20.2. The highest BCUT2D eigenvalue weighted by Crippen LogP contribution is 2.26. The topological polar surface area (TPSA) is 28.2 Å². The summed E-state index contributed by atoms with van der Waals surface area (Å²) < 4.78 is 0. The first-order valence-electron chi connectivity index (χ1n) is 6.62. The molecule has 1 fully saturated rings. The van der Waals surface area contributed by atoms with Crippen molar-refractivity contribution in [1.29, 1.82) is 0 Å². The van der Waals surface area contributed by atoms with E-state index < -0.39 is 0 Å². The van der Waals surface area contributed by atoms with Crippen LogP contribution in [0.15, 0.2) is 18.3 Å². The summed E-state index contributed by atoms with van der Waals surface area (Å²) in [4.78, 5) is 7.02. The number of aromatic nitrogens is 1. The maximum absolute atomic E-state index is 4.57. The van der Waals surface area contributed by atoms with Crippen LogP contribution in [-0.4, -0.2) is 23.6 Å². The van der Waals surface area contributed by atoms with Crippen LogP contribution >= 0.6 is 0 Å². The zero-order chi connectivity index (χ0) is 12.3. The fourth-order valence-corrected chi connectivity index (χ4v) is 2.39. The molecule has 0 bridgehead atoms. The Morgan fingerprint density at radius 1 is 1.53 bits per heavy atom. The Morgan fingerprint density at radius 3 is 3.00 bits per heavy atom. The number of pyridine rings is 1. The monoisotopic (exact) mass is 233 g/mol. The average molecular weight is 233 g/mol. The molecule has 3 nitrogen and oxygen atoms in total. The van der Waals surface area contributed by atoms with Crippen LogP contribution in [0.25, 0.3) is 0 Å². The third-order valence-electron chi connectivity index (χ3n) is 3.39. The van der Waals surface area contributed by atoms with Crippen molar-refractivity contribution in [3.8, 4) is 0 Å². The zero-order valence-electron chi connectivity index (χ0n) is 11.1. The lowest BCUT2D eigenvalue weighted by atomic mass is 10.2. The molecule has 0 saturated carbocycles. The summed E-state index contributed by atoms with van der Waals surface area (Å²) in [5.41, 5.74) is 1.31. The second kappa shape index (κ2) is 5.50. The smallest absolute Gasteiger partial charge is 0.133 e. The summed E-state index contributed by atoms with van der Waals surface area (Å²) in [5, 5.41) is 3.47. The van der Waals surface area contributed by atoms with Gasteiger partial charge >= 0.3 is 0 Å². The number of nitrogens with zero attached hydrogens (tertiary/aromatic N) is 2. The lowest BCUT2D eigenvalue weighted by molar-refractivity contribution is 0.586. The van der Waals surface area contributed by atoms with E-state index in [0.29, 0.717) is 12.1 Å². The molecule has 1 unspecified atom stereocenters. The molecule has 0 spiro atoms. The Balaban J connectivity index is 2.15. The fourth-order valence-electron chi connectivity index (χ4n) is 2.39. The van der Waals surface area contributed by atoms with Gasteiger partial charge in [0.2, 0.25) is 0 Å². The van der Waals surface area contributed by atoms with Crippen LogP contribution in [-0.2, 0) is 6.54 Å². The maximum Gasteiger partial charge on any atom is 0.133 e. The molecule has 1 aliphatic rings. The van der Waals surface area contributed by atoms with Crippen molar-refractivity contribution in [3.63, 3.8) is 0 Å². The van der Waals surface area contributed by atoms with E-state index in [4.69, 9.17) is 0 Å². The molecule has 17 heavy (non-hydrogen) atoms. The lowest BCUT2D eigenvalue weighted by Crippen LogP contribution is -2.30. The lowest BCUT2D eigenvalue weighted by Gasteiger charge is -2.25. The molecule has 1 aromatic heterocycles. The van der Waals surface area contributed by atoms with Crippen molar-refractivity contribution < 1.29 is 0 Å². The summed E-state index contributed by atoms with van der Waals surface area (Å²) in [6.45, 7) is 8.70. The summed E-state index contributed by atoms with van der Waals surface area (Å²) in [6.07, 6.45) is 4.47. The largest absolute Gasteiger partial charge is 0.354 e. The summed E-state index contributed by atoms with van der Waals surface area (Å²) >= 11 is 0. The van der Waals surface area contributed by atoms with Gasteiger partial charge in [0, 0.05) is 36.9 Å². The predicted octanol–water partition coefficient (Wildman–Crippen LogP) is 2.57. The molecule has 2 heterocycles. The molecule has 0 aromatic carbocycles. The molecule has 1 saturated heterocycles. The summed E-state index contributed by atoms with van der Waals surface area (Å²) in [6, 6.07) is 5.35. The first kappa shape index (κ1) is 12.4. The van der Waals surface area contributed by atoms with Gasteiger partial charge in [-0.1, -0.05) is 19.9 Å². The molecule has 1 aliphatic heterocycles. The Kier molecular flexibility index (Phi) is 4.00. The predicted molar refractivity (Wildman–Crippen MR) is 72.3 cm³/mol. The molecule has 0 radical (unpaired) electrons. The van der Waals surface area contributed by atoms with Gasteiger partial charge in [0.25, 0.3) is 0 Å². The second-order valence-electron chi connectivity index (χ2n) is 5.21. The van der Waals surface area contributed by atoms with Crippen LogP contribution in [0, 0.1) is 0 Å². The molecule has 1 N–H and O–H groups in total. The van der Waals surface area contributed by atoms with Crippen LogP contribution < -0.4 is 10.2 Å². The van der Waals surface area contributed by atoms with Crippen molar-refractivity contribution >= 4 is 5.82 Å². The standard InChI is InChI=1S/C14H23N3/c1-11(2)16-10-13-7-4-8-15-14(13)17-9-5-6-12(17)3/h4,7-8,11-12,16H,5-6,9-10H2,1-3H3. The molecular formula is C14H23N3. The number of anilines is 1. The summed E-state index contributed by atoms with van der Waals surface area (Å²) in [5.74, 6) is 1.17. The van der Waals surface area contributed by atoms with Gasteiger partial charge in [-0.05, 0) is 25.8 Å². The van der Waals surface area contributed by atoms with Gasteiger partial charge in [-0.3, -0.25) is 0 Å². The van der Waals surface area contributed by atoms with Crippen molar-refractivity contribution in [3.05, 3.63) is 23.9 Å². The Bertz CT molecular complexity index is 362. The number of rotatable bonds is 4. The van der Waals surface area contributed by atoms with E-state index in [1.165, 1.54) is 24.2 Å². The minimum absolute atomic E-state index is 0.513. The van der Waals surface area contributed by atoms with Crippen LogP contribution in [0.5, 0.6) is 0 Å². The van der Waals surface area contributed by atoms with E-state index in [1.807, 2.05) is 12.3 Å². The number of hydrogen-bond donors (Lipinski definition) is 1. The highest BCUT2D eigenvalue weighted by atomic mass is 15.2. The van der Waals surface area contributed by atoms with Crippen LogP contribution in [0.1, 0.15) is 39.2 Å². The third kappa shape index (κ3) is 2.97. The number of hydrogen-bond acceptors (Lipinski definition) is 3. The molecule has 1 atom stereocenters. The van der Waals surface area contributed by atoms with Crippen molar-refractivity contribution in [1.82, 2.24) is 10.3 Å². The van der Waals surface area contributed by atoms with Gasteiger partial charge in [-0.25, -0.2) is 4.98 Å². The van der Waals surface area contributed by atoms with Gasteiger partial charge in [-0.15, -0.1) is 0 Å². The minimum atomic E-state index is 0.513. The SMILES string of the molecule is CC(C)NCc1cccnc1N1CCCC1C. The van der Waals surface area contributed by atoms with Gasteiger partial charge < -0.3 is 10.2 Å². The average Bonchev–Trinajstić information content (AvgIpc) is 2.73. The molecule has 1 aromatic rings. The van der Waals surface area contributed by atoms with Crippen LogP contribution in [0.2, 0.25) is 0 Å². The van der Waals surface area contributed by atoms with Gasteiger partial charge in [0.1, 0.15) is 5.82 Å². The van der Waals surface area contributed by atoms with Gasteiger partial charge in [-0.2, -0.15) is 0 Å². The van der Waals surface area contributed by atoms with E-state index >= 15 is 0 Å². The molecule has 3 heteroatoms. The zero-order valence-corrected chi connectivity index (χ0v) is 11.1. The maximum atomic E-state index is 4.57. The van der Waals surface area contributed by atoms with E-state index in [1.54, 1.807) is 0 Å². The minimum Gasteiger partial charge on any atom is -0.354 e. The molecule has 0 amide bonds. The van der Waals surface area contributed by atoms with Crippen LogP contribution in [0.4, 0.5) is 5.82 Å². The third-order valence-corrected chi connectivity index (χ3v) is 3.39. The fraction of sp³-hybridized carbons (Fsp3) is 0.643. The Labute approximate surface area is 104 Å². The highest BCUT2D eigenvalue weighted by molar-refractivity contribution is 5.48. The molecular weight excluding hydrogens is 210 g/mol. The Hall–Kier alpha value is -1.09. The van der Waals surface area contributed by atoms with Crippen molar-refractivity contribution in [2.75, 3.05) is 11.4 Å². The first-order chi connectivity index (χ1) is 8.18. The highest BCUT2D eigenvalue weighted by Gasteiger charge is 2.23. The molecule has 2 rings (SSSR count). The summed E-state index contributed by atoms with van der Waals surface area (Å²) in [7, 11) is 0. The van der Waals surface area contributed by atoms with E-state index in [-0.39, 0.29) is 0 Å². The van der Waals surface area contributed by atoms with Gasteiger partial charge in [0.05, 0.1) is 0 Å². The number of nitrogens with one attached hydrogen (secondary N) is 1. The quantitative estimate of drug-likeness (QED) is 0.866. The van der Waals surface area contributed by atoms with Crippen molar-refractivity contribution in [2.24, 2.45) is 0 Å². The molecule has 94 valence electrons. The van der Waals surface area contributed by atoms with E-state index in [0.717, 1.165) is 13.1 Å². The molecule has 0 aliphatic carbocycles. The van der Waals surface area contributed by atoms with E-state index in [9.17, 15) is 0 Å². The second-order valence-corrected chi connectivity index (χ2v) is 5.21.